The summed E-state index contributed by atoms with van der Waals surface area (Å²) in [5, 5.41) is 9.16. The van der Waals surface area contributed by atoms with Crippen molar-refractivity contribution in [2.45, 2.75) is 32.8 Å². The summed E-state index contributed by atoms with van der Waals surface area (Å²) in [6, 6.07) is 3.93. The Morgan fingerprint density at radius 2 is 2.21 bits per heavy atom. The molecule has 0 aliphatic heterocycles. The lowest BCUT2D eigenvalue weighted by Crippen LogP contribution is -2.02. The van der Waals surface area contributed by atoms with Crippen LogP contribution in [0.15, 0.2) is 12.1 Å². The lowest BCUT2D eigenvalue weighted by molar-refractivity contribution is 0.185. The summed E-state index contributed by atoms with van der Waals surface area (Å²) < 4.78 is 5.07. The van der Waals surface area contributed by atoms with E-state index in [1.165, 1.54) is 0 Å². The van der Waals surface area contributed by atoms with E-state index in [-0.39, 0.29) is 6.10 Å². The molecule has 1 rings (SSSR count). The van der Waals surface area contributed by atoms with E-state index in [9.17, 15) is 0 Å². The number of hydrogen-bond donors (Lipinski definition) is 1. The van der Waals surface area contributed by atoms with Crippen molar-refractivity contribution in [1.29, 1.82) is 0 Å². The SMILES string of the molecule is COc1cc(CCC(C)O)cc(C)n1. The number of ether oxygens (including phenoxy) is 1. The van der Waals surface area contributed by atoms with Crippen LogP contribution in [0.1, 0.15) is 24.6 Å². The van der Waals surface area contributed by atoms with Gasteiger partial charge in [0.25, 0.3) is 0 Å². The quantitative estimate of drug-likeness (QED) is 0.795. The van der Waals surface area contributed by atoms with Gasteiger partial charge in [-0.25, -0.2) is 4.98 Å². The predicted octanol–water partition coefficient (Wildman–Crippen LogP) is 1.71. The Balaban J connectivity index is 2.71. The smallest absolute Gasteiger partial charge is 0.213 e. The number of pyridine rings is 1. The van der Waals surface area contributed by atoms with Crippen molar-refractivity contribution in [3.8, 4) is 5.88 Å². The van der Waals surface area contributed by atoms with Gasteiger partial charge < -0.3 is 9.84 Å². The maximum atomic E-state index is 9.16. The highest BCUT2D eigenvalue weighted by atomic mass is 16.5. The summed E-state index contributed by atoms with van der Waals surface area (Å²) >= 11 is 0. The molecule has 78 valence electrons. The number of aliphatic hydroxyl groups is 1. The third-order valence-electron chi connectivity index (χ3n) is 2.05. The summed E-state index contributed by atoms with van der Waals surface area (Å²) in [6.45, 7) is 3.74. The minimum absolute atomic E-state index is 0.255. The highest BCUT2D eigenvalue weighted by molar-refractivity contribution is 5.24. The Kier molecular flexibility index (Phi) is 3.89. The van der Waals surface area contributed by atoms with Crippen LogP contribution in [-0.2, 0) is 6.42 Å². The van der Waals surface area contributed by atoms with Crippen molar-refractivity contribution in [2.24, 2.45) is 0 Å². The van der Waals surface area contributed by atoms with Crippen molar-refractivity contribution in [2.75, 3.05) is 7.11 Å². The number of hydrogen-bond acceptors (Lipinski definition) is 3. The van der Waals surface area contributed by atoms with Gasteiger partial charge in [-0.3, -0.25) is 0 Å². The van der Waals surface area contributed by atoms with Gasteiger partial charge in [-0.1, -0.05) is 0 Å². The van der Waals surface area contributed by atoms with Crippen molar-refractivity contribution < 1.29 is 9.84 Å². The zero-order valence-corrected chi connectivity index (χ0v) is 8.95. The molecule has 0 aliphatic rings. The van der Waals surface area contributed by atoms with Crippen LogP contribution in [0.25, 0.3) is 0 Å². The zero-order valence-electron chi connectivity index (χ0n) is 8.95. The average Bonchev–Trinajstić information content (AvgIpc) is 2.14. The van der Waals surface area contributed by atoms with Gasteiger partial charge in [0.1, 0.15) is 0 Å². The van der Waals surface area contributed by atoms with Crippen LogP contribution in [0, 0.1) is 6.92 Å². The first kappa shape index (κ1) is 11.0. The first-order valence-corrected chi connectivity index (χ1v) is 4.81. The maximum Gasteiger partial charge on any atom is 0.213 e. The molecule has 0 amide bonds. The summed E-state index contributed by atoms with van der Waals surface area (Å²) in [7, 11) is 1.61. The van der Waals surface area contributed by atoms with Crippen LogP contribution in [0.4, 0.5) is 0 Å². The van der Waals surface area contributed by atoms with Crippen LogP contribution < -0.4 is 4.74 Å². The fraction of sp³-hybridized carbons (Fsp3) is 0.545. The van der Waals surface area contributed by atoms with Crippen molar-refractivity contribution in [3.63, 3.8) is 0 Å². The number of aliphatic hydroxyl groups excluding tert-OH is 1. The zero-order chi connectivity index (χ0) is 10.6. The van der Waals surface area contributed by atoms with Gasteiger partial charge >= 0.3 is 0 Å². The van der Waals surface area contributed by atoms with Crippen LogP contribution in [0.3, 0.4) is 0 Å². The van der Waals surface area contributed by atoms with E-state index in [1.54, 1.807) is 14.0 Å². The van der Waals surface area contributed by atoms with Gasteiger partial charge in [0.15, 0.2) is 0 Å². The summed E-state index contributed by atoms with van der Waals surface area (Å²) in [5.74, 6) is 0.644. The molecule has 1 unspecified atom stereocenters. The lowest BCUT2D eigenvalue weighted by Gasteiger charge is -2.07. The molecule has 0 saturated carbocycles. The molecule has 0 aromatic carbocycles. The van der Waals surface area contributed by atoms with E-state index in [2.05, 4.69) is 4.98 Å². The number of rotatable bonds is 4. The summed E-state index contributed by atoms with van der Waals surface area (Å²) in [4.78, 5) is 4.19. The highest BCUT2D eigenvalue weighted by Gasteiger charge is 2.02. The molecule has 1 N–H and O–H groups in total. The normalized spacial score (nSPS) is 12.6. The van der Waals surface area contributed by atoms with Crippen LogP contribution in [-0.4, -0.2) is 23.3 Å². The third kappa shape index (κ3) is 3.34. The molecular weight excluding hydrogens is 178 g/mol. The topological polar surface area (TPSA) is 42.4 Å². The van der Waals surface area contributed by atoms with Crippen LogP contribution >= 0.6 is 0 Å². The van der Waals surface area contributed by atoms with Crippen molar-refractivity contribution >= 4 is 0 Å². The van der Waals surface area contributed by atoms with Crippen molar-refractivity contribution in [3.05, 3.63) is 23.4 Å². The van der Waals surface area contributed by atoms with Gasteiger partial charge in [0.05, 0.1) is 13.2 Å². The first-order valence-electron chi connectivity index (χ1n) is 4.81. The molecule has 14 heavy (non-hydrogen) atoms. The second-order valence-corrected chi connectivity index (χ2v) is 3.55. The summed E-state index contributed by atoms with van der Waals surface area (Å²) in [6.07, 6.45) is 1.37. The molecule has 0 saturated heterocycles. The Labute approximate surface area is 84.7 Å². The van der Waals surface area contributed by atoms with E-state index in [0.29, 0.717) is 5.88 Å². The lowest BCUT2D eigenvalue weighted by atomic mass is 10.1. The molecule has 3 heteroatoms. The van der Waals surface area contributed by atoms with Gasteiger partial charge in [0, 0.05) is 11.8 Å². The molecule has 0 spiro atoms. The second kappa shape index (κ2) is 4.96. The molecule has 1 atom stereocenters. The Hall–Kier alpha value is -1.09. The van der Waals surface area contributed by atoms with Gasteiger partial charge in [0.2, 0.25) is 5.88 Å². The van der Waals surface area contributed by atoms with E-state index in [0.717, 1.165) is 24.1 Å². The van der Waals surface area contributed by atoms with E-state index in [4.69, 9.17) is 9.84 Å². The number of aromatic nitrogens is 1. The highest BCUT2D eigenvalue weighted by Crippen LogP contribution is 2.14. The molecule has 1 aromatic rings. The molecule has 1 heterocycles. The molecule has 1 aromatic heterocycles. The number of nitrogens with zero attached hydrogens (tertiary/aromatic N) is 1. The number of aryl methyl sites for hydroxylation is 2. The second-order valence-electron chi connectivity index (χ2n) is 3.55. The van der Waals surface area contributed by atoms with E-state index >= 15 is 0 Å². The molecular formula is C11H17NO2. The molecule has 0 fully saturated rings. The molecule has 0 radical (unpaired) electrons. The fourth-order valence-corrected chi connectivity index (χ4v) is 1.33. The average molecular weight is 195 g/mol. The van der Waals surface area contributed by atoms with Gasteiger partial charge in [-0.2, -0.15) is 0 Å². The van der Waals surface area contributed by atoms with Crippen molar-refractivity contribution in [1.82, 2.24) is 4.98 Å². The molecule has 3 nitrogen and oxygen atoms in total. The van der Waals surface area contributed by atoms with E-state index < -0.39 is 0 Å². The molecule has 0 aliphatic carbocycles. The largest absolute Gasteiger partial charge is 0.481 e. The molecule has 0 bridgehead atoms. The van der Waals surface area contributed by atoms with Crippen LogP contribution in [0.5, 0.6) is 5.88 Å². The maximum absolute atomic E-state index is 9.16. The Bertz CT molecular complexity index is 297. The Morgan fingerprint density at radius 1 is 1.50 bits per heavy atom. The standard InChI is InChI=1S/C11H17NO2/c1-8-6-10(5-4-9(2)13)7-11(12-8)14-3/h6-7,9,13H,4-5H2,1-3H3. The number of methoxy groups -OCH3 is 1. The van der Waals surface area contributed by atoms with Crippen LogP contribution in [0.2, 0.25) is 0 Å². The van der Waals surface area contributed by atoms with Gasteiger partial charge in [-0.15, -0.1) is 0 Å². The first-order chi connectivity index (χ1) is 6.61. The summed E-state index contributed by atoms with van der Waals surface area (Å²) in [5.41, 5.74) is 2.11. The Morgan fingerprint density at radius 3 is 2.79 bits per heavy atom. The third-order valence-corrected chi connectivity index (χ3v) is 2.05. The minimum atomic E-state index is -0.255. The van der Waals surface area contributed by atoms with E-state index in [1.807, 2.05) is 19.1 Å². The monoisotopic (exact) mass is 195 g/mol. The van der Waals surface area contributed by atoms with Gasteiger partial charge in [-0.05, 0) is 38.3 Å². The fourth-order valence-electron chi connectivity index (χ4n) is 1.33. The minimum Gasteiger partial charge on any atom is -0.481 e. The predicted molar refractivity (Wildman–Crippen MR) is 55.5 cm³/mol.